The Morgan fingerprint density at radius 1 is 0.914 bits per heavy atom. The normalized spacial score (nSPS) is 15.3. The van der Waals surface area contributed by atoms with Crippen LogP contribution in [0.5, 0.6) is 5.75 Å². The third-order valence-corrected chi connectivity index (χ3v) is 4.58. The average Bonchev–Trinajstić information content (AvgIpc) is 2.76. The molecular weight excluding hydrogens is 494 g/mol. The van der Waals surface area contributed by atoms with Crippen LogP contribution < -0.4 is 15.4 Å². The summed E-state index contributed by atoms with van der Waals surface area (Å²) >= 11 is 0. The molecule has 0 aliphatic rings. The first-order valence-electron chi connectivity index (χ1n) is 10.0. The quantitative estimate of drug-likeness (QED) is 0.246. The molecule has 0 saturated carbocycles. The number of hydrogen-bond acceptors (Lipinski definition) is 8. The van der Waals surface area contributed by atoms with Gasteiger partial charge in [0.25, 0.3) is 5.60 Å². The molecule has 0 bridgehead atoms. The number of halogens is 6. The van der Waals surface area contributed by atoms with Gasteiger partial charge in [0.2, 0.25) is 5.91 Å². The molecule has 1 rings (SSSR count). The number of amides is 1. The minimum atomic E-state index is -5.59. The predicted octanol–water partition coefficient (Wildman–Crippen LogP) is 2.77. The minimum Gasteiger partial charge on any atom is -0.495 e. The van der Waals surface area contributed by atoms with E-state index in [1.54, 1.807) is 5.32 Å². The maximum Gasteiger partial charge on any atom is 0.441 e. The van der Waals surface area contributed by atoms with E-state index in [1.807, 2.05) is 0 Å². The fourth-order valence-corrected chi connectivity index (χ4v) is 2.78. The second-order valence-electron chi connectivity index (χ2n) is 6.84. The summed E-state index contributed by atoms with van der Waals surface area (Å²) in [5.74, 6) is -6.01. The van der Waals surface area contributed by atoms with Crippen LogP contribution in [0.25, 0.3) is 0 Å². The van der Waals surface area contributed by atoms with E-state index in [0.29, 0.717) is 18.2 Å². The number of alkyl halides is 6. The van der Waals surface area contributed by atoms with Crippen molar-refractivity contribution in [3.8, 4) is 5.75 Å². The van der Waals surface area contributed by atoms with E-state index in [1.165, 1.54) is 26.1 Å². The van der Waals surface area contributed by atoms with Crippen LogP contribution in [-0.2, 0) is 29.5 Å². The SMILES string of the molecule is CCOC(=O)C(NC(=O)CC)(Nc1ccc(C(O)(C(=O)OCC)C(F)(F)F)cc1OC)C(F)(F)F. The molecule has 1 aromatic carbocycles. The van der Waals surface area contributed by atoms with E-state index in [9.17, 15) is 45.8 Å². The molecule has 0 aliphatic heterocycles. The smallest absolute Gasteiger partial charge is 0.441 e. The lowest BCUT2D eigenvalue weighted by Crippen LogP contribution is -2.69. The van der Waals surface area contributed by atoms with E-state index in [-0.39, 0.29) is 0 Å². The Kier molecular flexibility index (Phi) is 9.37. The molecule has 198 valence electrons. The summed E-state index contributed by atoms with van der Waals surface area (Å²) in [5, 5.41) is 13.5. The summed E-state index contributed by atoms with van der Waals surface area (Å²) in [4.78, 5) is 36.2. The lowest BCUT2D eigenvalue weighted by atomic mass is 9.92. The Morgan fingerprint density at radius 2 is 1.46 bits per heavy atom. The van der Waals surface area contributed by atoms with E-state index in [2.05, 4.69) is 9.47 Å². The van der Waals surface area contributed by atoms with Gasteiger partial charge in [-0.1, -0.05) is 13.0 Å². The van der Waals surface area contributed by atoms with Crippen molar-refractivity contribution in [3.05, 3.63) is 23.8 Å². The molecule has 1 amide bonds. The molecule has 0 saturated heterocycles. The van der Waals surface area contributed by atoms with Crippen LogP contribution in [0.4, 0.5) is 32.0 Å². The zero-order valence-corrected chi connectivity index (χ0v) is 19.0. The number of hydrogen-bond donors (Lipinski definition) is 3. The van der Waals surface area contributed by atoms with Crippen molar-refractivity contribution in [2.24, 2.45) is 0 Å². The van der Waals surface area contributed by atoms with Gasteiger partial charge in [-0.05, 0) is 26.0 Å². The first-order chi connectivity index (χ1) is 16.0. The van der Waals surface area contributed by atoms with Crippen LogP contribution in [0.3, 0.4) is 0 Å². The first kappa shape index (κ1) is 29.8. The second-order valence-corrected chi connectivity index (χ2v) is 6.84. The maximum absolute atomic E-state index is 14.1. The fraction of sp³-hybridized carbons (Fsp3) is 0.550. The van der Waals surface area contributed by atoms with Gasteiger partial charge in [0.15, 0.2) is 0 Å². The van der Waals surface area contributed by atoms with Crippen LogP contribution in [0, 0.1) is 0 Å². The molecule has 0 aliphatic carbocycles. The highest BCUT2D eigenvalue weighted by Gasteiger charge is 2.64. The molecule has 9 nitrogen and oxygen atoms in total. The van der Waals surface area contributed by atoms with E-state index in [4.69, 9.17) is 4.74 Å². The number of esters is 2. The molecule has 15 heteroatoms. The zero-order chi connectivity index (χ0) is 27.2. The number of carbonyl (C=O) groups excluding carboxylic acids is 3. The number of methoxy groups -OCH3 is 1. The number of benzene rings is 1. The third kappa shape index (κ3) is 5.89. The van der Waals surface area contributed by atoms with Crippen LogP contribution in [0.1, 0.15) is 32.8 Å². The maximum atomic E-state index is 14.1. The van der Waals surface area contributed by atoms with Gasteiger partial charge in [0.05, 0.1) is 26.0 Å². The van der Waals surface area contributed by atoms with Crippen molar-refractivity contribution < 1.29 is 60.0 Å². The number of rotatable bonds is 10. The van der Waals surface area contributed by atoms with Crippen molar-refractivity contribution in [2.75, 3.05) is 25.6 Å². The molecule has 0 heterocycles. The van der Waals surface area contributed by atoms with E-state index in [0.717, 1.165) is 7.11 Å². The molecule has 1 aromatic rings. The van der Waals surface area contributed by atoms with Gasteiger partial charge in [-0.2, -0.15) is 26.3 Å². The zero-order valence-electron chi connectivity index (χ0n) is 19.0. The van der Waals surface area contributed by atoms with Crippen LogP contribution in [0.15, 0.2) is 18.2 Å². The number of aliphatic hydroxyl groups is 1. The van der Waals surface area contributed by atoms with Crippen molar-refractivity contribution >= 4 is 23.5 Å². The molecule has 0 radical (unpaired) electrons. The number of ether oxygens (including phenoxy) is 3. The first-order valence-corrected chi connectivity index (χ1v) is 10.0. The van der Waals surface area contributed by atoms with Crippen molar-refractivity contribution in [1.29, 1.82) is 0 Å². The minimum absolute atomic E-state index is 0.431. The summed E-state index contributed by atoms with van der Waals surface area (Å²) in [6.45, 7) is 2.60. The van der Waals surface area contributed by atoms with Gasteiger partial charge in [-0.3, -0.25) is 4.79 Å². The fourth-order valence-electron chi connectivity index (χ4n) is 2.78. The van der Waals surface area contributed by atoms with Crippen LogP contribution in [0.2, 0.25) is 0 Å². The Balaban J connectivity index is 3.75. The monoisotopic (exact) mass is 518 g/mol. The Bertz CT molecular complexity index is 938. The van der Waals surface area contributed by atoms with Crippen LogP contribution >= 0.6 is 0 Å². The lowest BCUT2D eigenvalue weighted by molar-refractivity contribution is -0.267. The highest BCUT2D eigenvalue weighted by Crippen LogP contribution is 2.43. The van der Waals surface area contributed by atoms with E-state index >= 15 is 0 Å². The number of carbonyl (C=O) groups is 3. The van der Waals surface area contributed by atoms with Gasteiger partial charge < -0.3 is 30.0 Å². The summed E-state index contributed by atoms with van der Waals surface area (Å²) in [6.07, 6.45) is -11.6. The van der Waals surface area contributed by atoms with Crippen molar-refractivity contribution in [2.45, 2.75) is 50.8 Å². The van der Waals surface area contributed by atoms with Crippen molar-refractivity contribution in [3.63, 3.8) is 0 Å². The molecule has 3 N–H and O–H groups in total. The lowest BCUT2D eigenvalue weighted by Gasteiger charge is -2.36. The standard InChI is InChI=1S/C20H24F6N2O7/c1-5-14(29)28-18(20(24,25)26,16(31)35-7-3)27-12-9-8-11(10-13(12)33-4)17(32,19(21,22)23)15(30)34-6-2/h8-10,27,32H,5-7H2,1-4H3,(H,28,29). The average molecular weight is 518 g/mol. The molecule has 2 unspecified atom stereocenters. The number of anilines is 1. The summed E-state index contributed by atoms with van der Waals surface area (Å²) in [6, 6.07) is 1.49. The Morgan fingerprint density at radius 3 is 1.89 bits per heavy atom. The van der Waals surface area contributed by atoms with Gasteiger partial charge in [-0.25, -0.2) is 9.59 Å². The van der Waals surface area contributed by atoms with Gasteiger partial charge in [0, 0.05) is 12.0 Å². The Labute approximate surface area is 195 Å². The van der Waals surface area contributed by atoms with Gasteiger partial charge >= 0.3 is 30.0 Å². The summed E-state index contributed by atoms with van der Waals surface area (Å²) in [5.41, 5.74) is -9.91. The summed E-state index contributed by atoms with van der Waals surface area (Å²) in [7, 11) is 0.867. The van der Waals surface area contributed by atoms with Crippen LogP contribution in [-0.4, -0.2) is 61.3 Å². The molecular formula is C20H24F6N2O7. The summed E-state index contributed by atoms with van der Waals surface area (Å²) < 4.78 is 96.9. The molecule has 2 atom stereocenters. The largest absolute Gasteiger partial charge is 0.495 e. The van der Waals surface area contributed by atoms with E-state index < -0.39 is 78.1 Å². The second kappa shape index (κ2) is 11.0. The van der Waals surface area contributed by atoms with Crippen molar-refractivity contribution in [1.82, 2.24) is 5.32 Å². The molecule has 0 fully saturated rings. The third-order valence-electron chi connectivity index (χ3n) is 4.58. The Hall–Kier alpha value is -3.23. The molecule has 35 heavy (non-hydrogen) atoms. The van der Waals surface area contributed by atoms with Gasteiger partial charge in [0.1, 0.15) is 5.75 Å². The highest BCUT2D eigenvalue weighted by atomic mass is 19.4. The highest BCUT2D eigenvalue weighted by molar-refractivity contribution is 5.92. The number of nitrogens with one attached hydrogen (secondary N) is 2. The van der Waals surface area contributed by atoms with Gasteiger partial charge in [-0.15, -0.1) is 0 Å². The topological polar surface area (TPSA) is 123 Å². The molecule has 0 spiro atoms. The molecule has 0 aromatic heterocycles. The predicted molar refractivity (Wildman–Crippen MR) is 107 cm³/mol.